The van der Waals surface area contributed by atoms with Crippen LogP contribution in [0.25, 0.3) is 0 Å². The summed E-state index contributed by atoms with van der Waals surface area (Å²) in [5, 5.41) is 0.335. The number of halogens is 1. The molecular weight excluding hydrogens is 306 g/mol. The fraction of sp³-hybridized carbons (Fsp3) is 0.200. The van der Waals surface area contributed by atoms with Crippen LogP contribution in [0, 0.1) is 0 Å². The highest BCUT2D eigenvalue weighted by Gasteiger charge is 2.15. The highest BCUT2D eigenvalue weighted by molar-refractivity contribution is 9.10. The van der Waals surface area contributed by atoms with Crippen LogP contribution in [0.15, 0.2) is 64.0 Å². The largest absolute Gasteiger partial charge is 0.323 e. The van der Waals surface area contributed by atoms with Crippen LogP contribution in [0.1, 0.15) is 18.5 Å². The van der Waals surface area contributed by atoms with Gasteiger partial charge in [0.05, 0.1) is 0 Å². The minimum Gasteiger partial charge on any atom is -0.323 e. The Morgan fingerprint density at radius 2 is 1.78 bits per heavy atom. The van der Waals surface area contributed by atoms with Crippen molar-refractivity contribution in [3.05, 3.63) is 64.6 Å². The highest BCUT2D eigenvalue weighted by atomic mass is 79.9. The van der Waals surface area contributed by atoms with Crippen LogP contribution in [0.2, 0.25) is 0 Å². The maximum Gasteiger partial charge on any atom is 0.0416 e. The average Bonchev–Trinajstić information content (AvgIpc) is 2.39. The molecule has 3 heteroatoms. The predicted octanol–water partition coefficient (Wildman–Crippen LogP) is 4.63. The fourth-order valence-corrected chi connectivity index (χ4v) is 3.41. The Morgan fingerprint density at radius 1 is 1.06 bits per heavy atom. The molecule has 2 unspecified atom stereocenters. The SMILES string of the molecule is CC(Sc1cccc(Br)c1)C(N)c1ccccc1. The van der Waals surface area contributed by atoms with E-state index in [1.54, 1.807) is 11.8 Å². The monoisotopic (exact) mass is 321 g/mol. The molecule has 0 radical (unpaired) electrons. The fourth-order valence-electron chi connectivity index (χ4n) is 1.77. The third-order valence-corrected chi connectivity index (χ3v) is 4.49. The Bertz CT molecular complexity index is 501. The molecule has 0 aromatic heterocycles. The van der Waals surface area contributed by atoms with Crippen LogP contribution < -0.4 is 5.73 Å². The Labute approximate surface area is 121 Å². The van der Waals surface area contributed by atoms with Crippen molar-refractivity contribution in [2.75, 3.05) is 0 Å². The first kappa shape index (κ1) is 13.7. The van der Waals surface area contributed by atoms with E-state index in [0.29, 0.717) is 5.25 Å². The summed E-state index contributed by atoms with van der Waals surface area (Å²) in [6, 6.07) is 18.6. The molecule has 0 saturated carbocycles. The van der Waals surface area contributed by atoms with Crippen LogP contribution in [-0.2, 0) is 0 Å². The smallest absolute Gasteiger partial charge is 0.0416 e. The molecule has 2 rings (SSSR count). The number of benzene rings is 2. The summed E-state index contributed by atoms with van der Waals surface area (Å²) >= 11 is 5.30. The quantitative estimate of drug-likeness (QED) is 0.831. The summed E-state index contributed by atoms with van der Waals surface area (Å²) in [7, 11) is 0. The molecule has 0 bridgehead atoms. The molecule has 0 aliphatic rings. The number of rotatable bonds is 4. The third kappa shape index (κ3) is 3.61. The summed E-state index contributed by atoms with van der Waals surface area (Å²) < 4.78 is 1.10. The summed E-state index contributed by atoms with van der Waals surface area (Å²) in [4.78, 5) is 1.24. The van der Waals surface area contributed by atoms with Gasteiger partial charge in [-0.2, -0.15) is 0 Å². The summed E-state index contributed by atoms with van der Waals surface area (Å²) in [5.41, 5.74) is 7.48. The highest BCUT2D eigenvalue weighted by Crippen LogP contribution is 2.31. The molecule has 0 fully saturated rings. The number of hydrogen-bond acceptors (Lipinski definition) is 2. The van der Waals surface area contributed by atoms with Gasteiger partial charge < -0.3 is 5.73 Å². The second-order valence-corrected chi connectivity index (χ2v) is 6.58. The molecule has 0 aliphatic heterocycles. The molecule has 1 nitrogen and oxygen atoms in total. The Balaban J connectivity index is 2.06. The number of hydrogen-bond donors (Lipinski definition) is 1. The van der Waals surface area contributed by atoms with E-state index in [4.69, 9.17) is 5.73 Å². The van der Waals surface area contributed by atoms with Crippen molar-refractivity contribution in [2.45, 2.75) is 23.1 Å². The first-order chi connectivity index (χ1) is 8.66. The van der Waals surface area contributed by atoms with Gasteiger partial charge in [-0.15, -0.1) is 11.8 Å². The Hall–Kier alpha value is -0.770. The van der Waals surface area contributed by atoms with Gasteiger partial charge in [-0.25, -0.2) is 0 Å². The van der Waals surface area contributed by atoms with Crippen LogP contribution in [-0.4, -0.2) is 5.25 Å². The van der Waals surface area contributed by atoms with Crippen molar-refractivity contribution in [3.63, 3.8) is 0 Å². The zero-order valence-electron chi connectivity index (χ0n) is 10.2. The van der Waals surface area contributed by atoms with Crippen LogP contribution in [0.4, 0.5) is 0 Å². The second-order valence-electron chi connectivity index (χ2n) is 4.22. The Kier molecular flexibility index (Phi) is 4.87. The summed E-state index contributed by atoms with van der Waals surface area (Å²) in [5.74, 6) is 0. The van der Waals surface area contributed by atoms with E-state index in [9.17, 15) is 0 Å². The van der Waals surface area contributed by atoms with E-state index in [1.165, 1.54) is 10.5 Å². The van der Waals surface area contributed by atoms with Crippen molar-refractivity contribution >= 4 is 27.7 Å². The number of nitrogens with two attached hydrogens (primary N) is 1. The van der Waals surface area contributed by atoms with Crippen molar-refractivity contribution in [1.29, 1.82) is 0 Å². The molecule has 0 aliphatic carbocycles. The zero-order valence-corrected chi connectivity index (χ0v) is 12.6. The molecule has 0 amide bonds. The van der Waals surface area contributed by atoms with Crippen LogP contribution in [0.3, 0.4) is 0 Å². The first-order valence-corrected chi connectivity index (χ1v) is 7.57. The van der Waals surface area contributed by atoms with E-state index in [2.05, 4.69) is 47.1 Å². The minimum atomic E-state index is 0.0511. The van der Waals surface area contributed by atoms with Gasteiger partial charge in [-0.1, -0.05) is 59.3 Å². The molecular formula is C15H16BrNS. The van der Waals surface area contributed by atoms with Crippen LogP contribution >= 0.6 is 27.7 Å². The molecule has 0 spiro atoms. The van der Waals surface area contributed by atoms with Gasteiger partial charge in [0.1, 0.15) is 0 Å². The topological polar surface area (TPSA) is 26.0 Å². The maximum absolute atomic E-state index is 6.29. The average molecular weight is 322 g/mol. The van der Waals surface area contributed by atoms with Crippen molar-refractivity contribution in [3.8, 4) is 0 Å². The lowest BCUT2D eigenvalue weighted by molar-refractivity contribution is 0.715. The second kappa shape index (κ2) is 6.41. The van der Waals surface area contributed by atoms with Gasteiger partial charge in [0.15, 0.2) is 0 Å². The molecule has 0 heterocycles. The predicted molar refractivity (Wildman–Crippen MR) is 82.8 cm³/mol. The lowest BCUT2D eigenvalue weighted by atomic mass is 10.1. The summed E-state index contributed by atoms with van der Waals surface area (Å²) in [6.07, 6.45) is 0. The van der Waals surface area contributed by atoms with Crippen molar-refractivity contribution in [2.24, 2.45) is 5.73 Å². The minimum absolute atomic E-state index is 0.0511. The maximum atomic E-state index is 6.29. The standard InChI is InChI=1S/C15H16BrNS/c1-11(15(17)12-6-3-2-4-7-12)18-14-9-5-8-13(16)10-14/h2-11,15H,17H2,1H3. The van der Waals surface area contributed by atoms with Crippen LogP contribution in [0.5, 0.6) is 0 Å². The van der Waals surface area contributed by atoms with E-state index in [0.717, 1.165) is 4.47 Å². The van der Waals surface area contributed by atoms with E-state index >= 15 is 0 Å². The van der Waals surface area contributed by atoms with E-state index in [1.807, 2.05) is 30.3 Å². The van der Waals surface area contributed by atoms with E-state index < -0.39 is 0 Å². The van der Waals surface area contributed by atoms with Gasteiger partial charge in [0.2, 0.25) is 0 Å². The van der Waals surface area contributed by atoms with Gasteiger partial charge in [-0.05, 0) is 23.8 Å². The molecule has 0 saturated heterocycles. The molecule has 2 aromatic carbocycles. The summed E-state index contributed by atoms with van der Waals surface area (Å²) in [6.45, 7) is 2.17. The molecule has 18 heavy (non-hydrogen) atoms. The van der Waals surface area contributed by atoms with Gasteiger partial charge >= 0.3 is 0 Å². The lowest BCUT2D eigenvalue weighted by Crippen LogP contribution is -2.20. The molecule has 2 aromatic rings. The van der Waals surface area contributed by atoms with Crippen molar-refractivity contribution in [1.82, 2.24) is 0 Å². The first-order valence-electron chi connectivity index (χ1n) is 5.89. The lowest BCUT2D eigenvalue weighted by Gasteiger charge is -2.20. The number of thioether (sulfide) groups is 1. The molecule has 94 valence electrons. The zero-order chi connectivity index (χ0) is 13.0. The Morgan fingerprint density at radius 3 is 2.44 bits per heavy atom. The van der Waals surface area contributed by atoms with Gasteiger partial charge in [-0.3, -0.25) is 0 Å². The third-order valence-electron chi connectivity index (χ3n) is 2.81. The van der Waals surface area contributed by atoms with Gasteiger partial charge in [0.25, 0.3) is 0 Å². The normalized spacial score (nSPS) is 14.2. The van der Waals surface area contributed by atoms with Crippen molar-refractivity contribution < 1.29 is 0 Å². The van der Waals surface area contributed by atoms with E-state index in [-0.39, 0.29) is 6.04 Å². The molecule has 2 atom stereocenters. The van der Waals surface area contributed by atoms with Gasteiger partial charge in [0, 0.05) is 20.7 Å². The molecule has 2 N–H and O–H groups in total.